The van der Waals surface area contributed by atoms with Crippen molar-refractivity contribution in [3.8, 4) is 0 Å². The first kappa shape index (κ1) is 11.3. The van der Waals surface area contributed by atoms with Gasteiger partial charge in [0.1, 0.15) is 0 Å². The SMILES string of the molecule is CC(C)OCCNC(=O)C(F)F. The highest BCUT2D eigenvalue weighted by molar-refractivity contribution is 5.78. The fraction of sp³-hybridized carbons (Fsp3) is 0.857. The number of carbonyl (C=O) groups excluding carboxylic acids is 1. The molecule has 0 rings (SSSR count). The van der Waals surface area contributed by atoms with Crippen molar-refractivity contribution in [2.75, 3.05) is 13.2 Å². The number of hydrogen-bond donors (Lipinski definition) is 1. The van der Waals surface area contributed by atoms with E-state index in [1.54, 1.807) is 0 Å². The first-order chi connectivity index (χ1) is 5.54. The lowest BCUT2D eigenvalue weighted by atomic mass is 10.5. The van der Waals surface area contributed by atoms with Crippen LogP contribution in [0, 0.1) is 0 Å². The summed E-state index contributed by atoms with van der Waals surface area (Å²) in [6, 6.07) is 0. The first-order valence-corrected chi connectivity index (χ1v) is 3.71. The molecule has 0 unspecified atom stereocenters. The number of amides is 1. The van der Waals surface area contributed by atoms with Gasteiger partial charge in [-0.2, -0.15) is 8.78 Å². The summed E-state index contributed by atoms with van der Waals surface area (Å²) in [5.41, 5.74) is 0. The Bertz CT molecular complexity index is 139. The van der Waals surface area contributed by atoms with E-state index in [2.05, 4.69) is 0 Å². The van der Waals surface area contributed by atoms with E-state index in [0.717, 1.165) is 0 Å². The second-order valence-electron chi connectivity index (χ2n) is 2.51. The molecule has 72 valence electrons. The molecule has 1 amide bonds. The molecule has 0 aliphatic heterocycles. The van der Waals surface area contributed by atoms with E-state index in [-0.39, 0.29) is 19.3 Å². The molecule has 0 spiro atoms. The van der Waals surface area contributed by atoms with Crippen molar-refractivity contribution in [2.45, 2.75) is 26.4 Å². The van der Waals surface area contributed by atoms with Crippen molar-refractivity contribution in [2.24, 2.45) is 0 Å². The lowest BCUT2D eigenvalue weighted by Gasteiger charge is -2.07. The van der Waals surface area contributed by atoms with Crippen LogP contribution in [0.5, 0.6) is 0 Å². The van der Waals surface area contributed by atoms with Crippen molar-refractivity contribution in [3.05, 3.63) is 0 Å². The summed E-state index contributed by atoms with van der Waals surface area (Å²) in [5, 5.41) is 2.02. The molecular formula is C7H13F2NO2. The van der Waals surface area contributed by atoms with Crippen LogP contribution in [0.25, 0.3) is 0 Å². The number of alkyl halides is 2. The third-order valence-electron chi connectivity index (χ3n) is 1.05. The van der Waals surface area contributed by atoms with Crippen molar-refractivity contribution >= 4 is 5.91 Å². The number of hydrogen-bond acceptors (Lipinski definition) is 2. The molecule has 0 heterocycles. The summed E-state index contributed by atoms with van der Waals surface area (Å²) in [5.74, 6) is -1.25. The molecule has 0 aromatic rings. The van der Waals surface area contributed by atoms with Crippen LogP contribution in [-0.4, -0.2) is 31.6 Å². The largest absolute Gasteiger partial charge is 0.377 e. The summed E-state index contributed by atoms with van der Waals surface area (Å²) in [6.07, 6.45) is -2.89. The molecule has 0 aliphatic carbocycles. The first-order valence-electron chi connectivity index (χ1n) is 3.71. The number of ether oxygens (including phenoxy) is 1. The number of carbonyl (C=O) groups is 1. The molecule has 0 aliphatic rings. The second-order valence-corrected chi connectivity index (χ2v) is 2.51. The van der Waals surface area contributed by atoms with E-state index < -0.39 is 12.3 Å². The van der Waals surface area contributed by atoms with Gasteiger partial charge in [0.25, 0.3) is 5.91 Å². The molecule has 0 fully saturated rings. The highest BCUT2D eigenvalue weighted by Crippen LogP contribution is 1.90. The monoisotopic (exact) mass is 181 g/mol. The second kappa shape index (κ2) is 5.88. The molecule has 0 radical (unpaired) electrons. The Morgan fingerprint density at radius 2 is 2.08 bits per heavy atom. The lowest BCUT2D eigenvalue weighted by molar-refractivity contribution is -0.132. The predicted octanol–water partition coefficient (Wildman–Crippen LogP) is 0.793. The molecule has 0 saturated carbocycles. The van der Waals surface area contributed by atoms with E-state index in [1.807, 2.05) is 19.2 Å². The molecular weight excluding hydrogens is 168 g/mol. The van der Waals surface area contributed by atoms with Gasteiger partial charge in [0, 0.05) is 6.54 Å². The maximum atomic E-state index is 11.6. The molecule has 1 N–H and O–H groups in total. The summed E-state index contributed by atoms with van der Waals surface area (Å²) in [7, 11) is 0. The third kappa shape index (κ3) is 6.03. The van der Waals surface area contributed by atoms with Crippen LogP contribution in [0.2, 0.25) is 0 Å². The van der Waals surface area contributed by atoms with Crippen LogP contribution in [0.4, 0.5) is 8.78 Å². The summed E-state index contributed by atoms with van der Waals surface area (Å²) >= 11 is 0. The molecule has 3 nitrogen and oxygen atoms in total. The van der Waals surface area contributed by atoms with Crippen molar-refractivity contribution in [3.63, 3.8) is 0 Å². The molecule has 12 heavy (non-hydrogen) atoms. The van der Waals surface area contributed by atoms with Crippen molar-refractivity contribution < 1.29 is 18.3 Å². The Kier molecular flexibility index (Phi) is 5.53. The normalized spacial score (nSPS) is 10.8. The van der Waals surface area contributed by atoms with Gasteiger partial charge in [-0.15, -0.1) is 0 Å². The van der Waals surface area contributed by atoms with Gasteiger partial charge in [-0.25, -0.2) is 0 Å². The van der Waals surface area contributed by atoms with Crippen LogP contribution in [-0.2, 0) is 9.53 Å². The molecule has 0 aromatic heterocycles. The summed E-state index contributed by atoms with van der Waals surface area (Å²) in [4.78, 5) is 10.3. The van der Waals surface area contributed by atoms with Gasteiger partial charge < -0.3 is 10.1 Å². The Labute approximate surface area is 70.1 Å². The van der Waals surface area contributed by atoms with E-state index in [0.29, 0.717) is 0 Å². The van der Waals surface area contributed by atoms with Gasteiger partial charge >= 0.3 is 6.43 Å². The van der Waals surface area contributed by atoms with Crippen molar-refractivity contribution in [1.29, 1.82) is 0 Å². The summed E-state index contributed by atoms with van der Waals surface area (Å²) in [6.45, 7) is 4.04. The smallest absolute Gasteiger partial charge is 0.315 e. The van der Waals surface area contributed by atoms with Crippen LogP contribution in [0.1, 0.15) is 13.8 Å². The zero-order valence-electron chi connectivity index (χ0n) is 7.14. The Morgan fingerprint density at radius 3 is 2.50 bits per heavy atom. The zero-order valence-corrected chi connectivity index (χ0v) is 7.14. The number of halogens is 2. The minimum atomic E-state index is -2.94. The number of nitrogens with one attached hydrogen (secondary N) is 1. The van der Waals surface area contributed by atoms with Gasteiger partial charge in [0.2, 0.25) is 0 Å². The highest BCUT2D eigenvalue weighted by Gasteiger charge is 2.13. The average Bonchev–Trinajstić information content (AvgIpc) is 1.97. The van der Waals surface area contributed by atoms with Crippen LogP contribution < -0.4 is 5.32 Å². The topological polar surface area (TPSA) is 38.3 Å². The van der Waals surface area contributed by atoms with Crippen LogP contribution >= 0.6 is 0 Å². The Hall–Kier alpha value is -0.710. The minimum absolute atomic E-state index is 0.0495. The minimum Gasteiger partial charge on any atom is -0.377 e. The quantitative estimate of drug-likeness (QED) is 0.637. The molecule has 0 bridgehead atoms. The Balaban J connectivity index is 3.26. The fourth-order valence-corrected chi connectivity index (χ4v) is 0.546. The van der Waals surface area contributed by atoms with E-state index in [9.17, 15) is 13.6 Å². The van der Waals surface area contributed by atoms with Gasteiger partial charge in [-0.05, 0) is 13.8 Å². The van der Waals surface area contributed by atoms with E-state index in [4.69, 9.17) is 4.74 Å². The zero-order chi connectivity index (χ0) is 9.56. The molecule has 0 aromatic carbocycles. The third-order valence-corrected chi connectivity index (χ3v) is 1.05. The number of rotatable bonds is 5. The highest BCUT2D eigenvalue weighted by atomic mass is 19.3. The molecule has 5 heteroatoms. The van der Waals surface area contributed by atoms with E-state index in [1.165, 1.54) is 0 Å². The fourth-order valence-electron chi connectivity index (χ4n) is 0.546. The van der Waals surface area contributed by atoms with Crippen LogP contribution in [0.3, 0.4) is 0 Å². The maximum absolute atomic E-state index is 11.6. The lowest BCUT2D eigenvalue weighted by Crippen LogP contribution is -2.32. The average molecular weight is 181 g/mol. The standard InChI is InChI=1S/C7H13F2NO2/c1-5(2)12-4-3-10-7(11)6(8)9/h5-6H,3-4H2,1-2H3,(H,10,11). The Morgan fingerprint density at radius 1 is 1.50 bits per heavy atom. The van der Waals surface area contributed by atoms with Gasteiger partial charge in [0.05, 0.1) is 12.7 Å². The molecule has 0 atom stereocenters. The van der Waals surface area contributed by atoms with Crippen molar-refractivity contribution in [1.82, 2.24) is 5.32 Å². The van der Waals surface area contributed by atoms with Gasteiger partial charge in [0.15, 0.2) is 0 Å². The van der Waals surface area contributed by atoms with Gasteiger partial charge in [-0.3, -0.25) is 4.79 Å². The van der Waals surface area contributed by atoms with Crippen LogP contribution in [0.15, 0.2) is 0 Å². The van der Waals surface area contributed by atoms with Gasteiger partial charge in [-0.1, -0.05) is 0 Å². The molecule has 0 saturated heterocycles. The predicted molar refractivity (Wildman–Crippen MR) is 40.1 cm³/mol. The summed E-state index contributed by atoms with van der Waals surface area (Å²) < 4.78 is 28.1. The maximum Gasteiger partial charge on any atom is 0.315 e. The van der Waals surface area contributed by atoms with E-state index >= 15 is 0 Å².